The first kappa shape index (κ1) is 23.8. The van der Waals surface area contributed by atoms with Gasteiger partial charge in [0.05, 0.1) is 16.8 Å². The van der Waals surface area contributed by atoms with Gasteiger partial charge in [0.2, 0.25) is 0 Å². The zero-order chi connectivity index (χ0) is 25.4. The molecule has 9 nitrogen and oxygen atoms in total. The third-order valence-corrected chi connectivity index (χ3v) is 6.41. The number of nitrogens with one attached hydrogen (secondary N) is 3. The molecular formula is C27H32N6O3. The molecule has 3 N–H and O–H groups in total. The normalized spacial score (nSPS) is 17.3. The van der Waals surface area contributed by atoms with Gasteiger partial charge in [-0.25, -0.2) is 14.8 Å². The topological polar surface area (TPSA) is 112 Å². The van der Waals surface area contributed by atoms with E-state index in [2.05, 4.69) is 32.7 Å². The molecular weight excluding hydrogens is 456 g/mol. The minimum absolute atomic E-state index is 0.0497. The summed E-state index contributed by atoms with van der Waals surface area (Å²) in [6.07, 6.45) is 4.61. The molecule has 2 amide bonds. The van der Waals surface area contributed by atoms with Gasteiger partial charge in [0.1, 0.15) is 11.1 Å². The molecule has 1 unspecified atom stereocenters. The van der Waals surface area contributed by atoms with Crippen molar-refractivity contribution in [2.45, 2.75) is 45.6 Å². The second-order valence-corrected chi connectivity index (χ2v) is 10.3. The molecule has 0 radical (unpaired) electrons. The van der Waals surface area contributed by atoms with E-state index < -0.39 is 11.7 Å². The highest BCUT2D eigenvalue weighted by Crippen LogP contribution is 2.34. The van der Waals surface area contributed by atoms with Gasteiger partial charge in [0.25, 0.3) is 5.91 Å². The van der Waals surface area contributed by atoms with Gasteiger partial charge in [-0.05, 0) is 46.2 Å². The predicted molar refractivity (Wildman–Crippen MR) is 139 cm³/mol. The van der Waals surface area contributed by atoms with Crippen molar-refractivity contribution in [3.63, 3.8) is 0 Å². The molecule has 3 aromatic rings. The van der Waals surface area contributed by atoms with Crippen LogP contribution in [0.25, 0.3) is 22.3 Å². The molecule has 1 atom stereocenters. The molecule has 9 heteroatoms. The molecule has 4 bridgehead atoms. The van der Waals surface area contributed by atoms with Gasteiger partial charge in [-0.3, -0.25) is 4.79 Å². The van der Waals surface area contributed by atoms with Crippen molar-refractivity contribution in [1.82, 2.24) is 25.6 Å². The third-order valence-electron chi connectivity index (χ3n) is 6.41. The average Bonchev–Trinajstić information content (AvgIpc) is 3.26. The number of carbonyl (C=O) groups is 2. The van der Waals surface area contributed by atoms with E-state index in [0.29, 0.717) is 31.7 Å². The molecule has 0 aliphatic carbocycles. The number of ether oxygens (including phenoxy) is 1. The Morgan fingerprint density at radius 1 is 1.22 bits per heavy atom. The Morgan fingerprint density at radius 3 is 2.86 bits per heavy atom. The van der Waals surface area contributed by atoms with Crippen LogP contribution in [0.3, 0.4) is 0 Å². The van der Waals surface area contributed by atoms with Crippen LogP contribution in [0.15, 0.2) is 36.4 Å². The number of allylic oxidation sites excluding steroid dienone is 1. The number of aryl methyl sites for hydroxylation is 1. The highest BCUT2D eigenvalue weighted by molar-refractivity contribution is 6.00. The van der Waals surface area contributed by atoms with Gasteiger partial charge in [-0.2, -0.15) is 0 Å². The van der Waals surface area contributed by atoms with E-state index >= 15 is 0 Å². The van der Waals surface area contributed by atoms with E-state index in [1.807, 2.05) is 52.0 Å². The number of para-hydroxylation sites is 1. The highest BCUT2D eigenvalue weighted by Gasteiger charge is 2.28. The van der Waals surface area contributed by atoms with Crippen LogP contribution in [-0.4, -0.2) is 58.7 Å². The Kier molecular flexibility index (Phi) is 6.15. The lowest BCUT2D eigenvalue weighted by Crippen LogP contribution is -2.38. The summed E-state index contributed by atoms with van der Waals surface area (Å²) in [7, 11) is 0. The Morgan fingerprint density at radius 2 is 2.06 bits per heavy atom. The maximum absolute atomic E-state index is 12.6. The van der Waals surface area contributed by atoms with Crippen molar-refractivity contribution in [3.05, 3.63) is 53.4 Å². The average molecular weight is 489 g/mol. The first-order chi connectivity index (χ1) is 17.2. The highest BCUT2D eigenvalue weighted by atomic mass is 16.6. The van der Waals surface area contributed by atoms with Gasteiger partial charge >= 0.3 is 6.09 Å². The number of hydrogen-bond acceptors (Lipinski definition) is 6. The molecule has 5 rings (SSSR count). The van der Waals surface area contributed by atoms with E-state index in [0.717, 1.165) is 45.9 Å². The minimum atomic E-state index is -0.550. The fourth-order valence-corrected chi connectivity index (χ4v) is 4.77. The standard InChI is InChI=1S/C27H32N6O3/c1-16-24-32-23-18(9-7-10-20(23)30-16)21-14-19-22(31-21)17(15-29-25(19)34)8-5-6-12-33(24)13-11-28-26(35)36-27(2,3)4/h5-7,9-10,14,17,31H,8,11-13,15H2,1-4H3,(H,28,35)(H,29,34). The molecule has 1 aromatic carbocycles. The number of aromatic amines is 1. The van der Waals surface area contributed by atoms with Crippen molar-refractivity contribution in [1.29, 1.82) is 0 Å². The molecule has 2 aliphatic heterocycles. The Hall–Kier alpha value is -3.88. The number of anilines is 1. The number of hydrogen-bond donors (Lipinski definition) is 3. The molecule has 0 spiro atoms. The lowest BCUT2D eigenvalue weighted by Gasteiger charge is -2.25. The van der Waals surface area contributed by atoms with Crippen LogP contribution < -0.4 is 15.5 Å². The summed E-state index contributed by atoms with van der Waals surface area (Å²) in [6, 6.07) is 7.84. The third kappa shape index (κ3) is 4.78. The quantitative estimate of drug-likeness (QED) is 0.480. The first-order valence-corrected chi connectivity index (χ1v) is 12.4. The van der Waals surface area contributed by atoms with Gasteiger partial charge in [0, 0.05) is 49.0 Å². The predicted octanol–water partition coefficient (Wildman–Crippen LogP) is 4.05. The van der Waals surface area contributed by atoms with Crippen LogP contribution in [0.4, 0.5) is 10.6 Å². The smallest absolute Gasteiger partial charge is 0.407 e. The molecule has 0 saturated carbocycles. The fourth-order valence-electron chi connectivity index (χ4n) is 4.77. The summed E-state index contributed by atoms with van der Waals surface area (Å²) >= 11 is 0. The number of H-pyrrole nitrogens is 1. The Labute approximate surface area is 210 Å². The van der Waals surface area contributed by atoms with Crippen molar-refractivity contribution in [2.24, 2.45) is 0 Å². The van der Waals surface area contributed by atoms with Gasteiger partial charge in [0.15, 0.2) is 5.82 Å². The van der Waals surface area contributed by atoms with E-state index in [9.17, 15) is 9.59 Å². The number of benzene rings is 1. The van der Waals surface area contributed by atoms with Crippen LogP contribution in [-0.2, 0) is 4.74 Å². The molecule has 188 valence electrons. The zero-order valence-electron chi connectivity index (χ0n) is 21.1. The maximum atomic E-state index is 12.6. The van der Waals surface area contributed by atoms with E-state index in [4.69, 9.17) is 14.7 Å². The summed E-state index contributed by atoms with van der Waals surface area (Å²) in [5, 5.41) is 5.86. The number of alkyl carbamates (subject to hydrolysis) is 1. The first-order valence-electron chi connectivity index (χ1n) is 12.4. The second-order valence-electron chi connectivity index (χ2n) is 10.3. The number of carbonyl (C=O) groups excluding carboxylic acids is 2. The maximum Gasteiger partial charge on any atom is 0.407 e. The number of aromatic nitrogens is 3. The van der Waals surface area contributed by atoms with Crippen LogP contribution in [0, 0.1) is 6.92 Å². The van der Waals surface area contributed by atoms with Crippen LogP contribution >= 0.6 is 0 Å². The zero-order valence-corrected chi connectivity index (χ0v) is 21.1. The summed E-state index contributed by atoms with van der Waals surface area (Å²) in [5.41, 5.74) is 5.24. The van der Waals surface area contributed by atoms with Gasteiger partial charge in [-0.15, -0.1) is 0 Å². The number of rotatable bonds is 3. The molecule has 4 heterocycles. The summed E-state index contributed by atoms with van der Waals surface area (Å²) < 4.78 is 5.37. The van der Waals surface area contributed by atoms with Crippen molar-refractivity contribution < 1.29 is 14.3 Å². The monoisotopic (exact) mass is 488 g/mol. The van der Waals surface area contributed by atoms with Crippen molar-refractivity contribution >= 4 is 28.9 Å². The number of fused-ring (bicyclic) bond motifs is 3. The molecule has 2 aromatic heterocycles. The lowest BCUT2D eigenvalue weighted by molar-refractivity contribution is 0.0529. The molecule has 2 aliphatic rings. The van der Waals surface area contributed by atoms with Crippen molar-refractivity contribution in [2.75, 3.05) is 31.1 Å². The van der Waals surface area contributed by atoms with Crippen LogP contribution in [0.2, 0.25) is 0 Å². The molecule has 0 fully saturated rings. The van der Waals surface area contributed by atoms with Gasteiger partial charge < -0.3 is 25.3 Å². The van der Waals surface area contributed by atoms with Crippen LogP contribution in [0.5, 0.6) is 0 Å². The summed E-state index contributed by atoms with van der Waals surface area (Å²) in [6.45, 7) is 9.63. The van der Waals surface area contributed by atoms with Crippen molar-refractivity contribution in [3.8, 4) is 11.3 Å². The second kappa shape index (κ2) is 9.29. The lowest BCUT2D eigenvalue weighted by atomic mass is 9.94. The van der Waals surface area contributed by atoms with E-state index in [1.165, 1.54) is 0 Å². The van der Waals surface area contributed by atoms with E-state index in [-0.39, 0.29) is 11.8 Å². The van der Waals surface area contributed by atoms with Gasteiger partial charge in [-0.1, -0.05) is 24.3 Å². The summed E-state index contributed by atoms with van der Waals surface area (Å²) in [4.78, 5) is 40.3. The number of amides is 2. The summed E-state index contributed by atoms with van der Waals surface area (Å²) in [5.74, 6) is 0.880. The molecule has 36 heavy (non-hydrogen) atoms. The largest absolute Gasteiger partial charge is 0.444 e. The Balaban J connectivity index is 1.53. The Bertz CT molecular complexity index is 1350. The van der Waals surface area contributed by atoms with Crippen LogP contribution in [0.1, 0.15) is 54.9 Å². The number of nitrogens with zero attached hydrogens (tertiary/aromatic N) is 3. The fraction of sp³-hybridized carbons (Fsp3) is 0.407. The van der Waals surface area contributed by atoms with E-state index in [1.54, 1.807) is 0 Å². The SMILES string of the molecule is Cc1nc2cccc3c2nc1N(CCNC(=O)OC(C)(C)C)CC=CCC1CNC(=O)c2cc-3[nH]c21. The molecule has 0 saturated heterocycles. The minimum Gasteiger partial charge on any atom is -0.444 e.